The first kappa shape index (κ1) is 16.8. The Kier molecular flexibility index (Phi) is 4.59. The van der Waals surface area contributed by atoms with Gasteiger partial charge in [-0.1, -0.05) is 26.8 Å². The van der Waals surface area contributed by atoms with Gasteiger partial charge in [-0.3, -0.25) is 9.59 Å². The van der Waals surface area contributed by atoms with Crippen LogP contribution in [-0.4, -0.2) is 21.2 Å². The molecular weight excluding hydrogens is 294 g/mol. The molecule has 0 radical (unpaired) electrons. The Morgan fingerprint density at radius 3 is 2.48 bits per heavy atom. The van der Waals surface area contributed by atoms with Crippen LogP contribution in [0.25, 0.3) is 11.1 Å². The maximum atomic E-state index is 12.0. The Morgan fingerprint density at radius 1 is 1.22 bits per heavy atom. The number of aromatic amines is 1. The molecule has 0 fully saturated rings. The van der Waals surface area contributed by atoms with E-state index in [0.29, 0.717) is 16.7 Å². The largest absolute Gasteiger partial charge is 0.507 e. The normalized spacial score (nSPS) is 11.4. The highest BCUT2D eigenvalue weighted by Gasteiger charge is 2.20. The van der Waals surface area contributed by atoms with Gasteiger partial charge in [0.25, 0.3) is 5.56 Å². The quantitative estimate of drug-likeness (QED) is 0.808. The average Bonchev–Trinajstić information content (AvgIpc) is 2.45. The molecule has 0 saturated carbocycles. The molecule has 5 nitrogen and oxygen atoms in total. The number of phenols is 1. The van der Waals surface area contributed by atoms with E-state index >= 15 is 0 Å². The van der Waals surface area contributed by atoms with Crippen LogP contribution in [0.4, 0.5) is 0 Å². The zero-order chi connectivity index (χ0) is 17.2. The zero-order valence-electron chi connectivity index (χ0n) is 13.5. The third-order valence-electron chi connectivity index (χ3n) is 3.77. The van der Waals surface area contributed by atoms with Crippen molar-refractivity contribution < 1.29 is 15.0 Å². The van der Waals surface area contributed by atoms with Crippen LogP contribution in [0.5, 0.6) is 5.75 Å². The van der Waals surface area contributed by atoms with Gasteiger partial charge >= 0.3 is 5.97 Å². The summed E-state index contributed by atoms with van der Waals surface area (Å²) in [5.41, 5.74) is 1.79. The standard InChI is InChI=1S/C18H21NO4/c1-18(2,3)12-9-11(6-7-15(20)21)16(22)14(10-12)13-5-4-8-19-17(13)23/h4-5,8-10,22H,6-7H2,1-3H3,(H,19,23)(H,20,21). The number of hydrogen-bond acceptors (Lipinski definition) is 3. The molecule has 2 aromatic rings. The summed E-state index contributed by atoms with van der Waals surface area (Å²) in [5.74, 6) is -0.958. The number of aromatic nitrogens is 1. The summed E-state index contributed by atoms with van der Waals surface area (Å²) in [7, 11) is 0. The maximum absolute atomic E-state index is 12.0. The lowest BCUT2D eigenvalue weighted by Crippen LogP contribution is -2.14. The third-order valence-corrected chi connectivity index (χ3v) is 3.77. The van der Waals surface area contributed by atoms with Gasteiger partial charge in [-0.25, -0.2) is 0 Å². The highest BCUT2D eigenvalue weighted by molar-refractivity contribution is 5.73. The van der Waals surface area contributed by atoms with Crippen molar-refractivity contribution in [1.82, 2.24) is 4.98 Å². The van der Waals surface area contributed by atoms with E-state index in [9.17, 15) is 14.7 Å². The molecule has 0 aliphatic rings. The van der Waals surface area contributed by atoms with Crippen LogP contribution < -0.4 is 5.56 Å². The van der Waals surface area contributed by atoms with Crippen molar-refractivity contribution in [3.63, 3.8) is 0 Å². The summed E-state index contributed by atoms with van der Waals surface area (Å²) in [6, 6.07) is 6.95. The first-order chi connectivity index (χ1) is 10.7. The number of carbonyl (C=O) groups is 1. The molecule has 5 heteroatoms. The van der Waals surface area contributed by atoms with Gasteiger partial charge in [-0.05, 0) is 41.2 Å². The number of aromatic hydroxyl groups is 1. The van der Waals surface area contributed by atoms with Gasteiger partial charge in [0.1, 0.15) is 5.75 Å². The minimum atomic E-state index is -0.926. The number of aryl methyl sites for hydroxylation is 1. The molecule has 0 aliphatic carbocycles. The molecule has 0 saturated heterocycles. The molecule has 0 atom stereocenters. The van der Waals surface area contributed by atoms with Crippen LogP contribution in [0.1, 0.15) is 38.3 Å². The van der Waals surface area contributed by atoms with Crippen molar-refractivity contribution in [3.05, 3.63) is 51.9 Å². The number of carboxylic acid groups (broad SMARTS) is 1. The topological polar surface area (TPSA) is 90.4 Å². The van der Waals surface area contributed by atoms with Gasteiger partial charge in [0.15, 0.2) is 0 Å². The van der Waals surface area contributed by atoms with Crippen LogP contribution in [-0.2, 0) is 16.6 Å². The number of benzene rings is 1. The predicted octanol–water partition coefficient (Wildman–Crippen LogP) is 3.06. The van der Waals surface area contributed by atoms with Gasteiger partial charge in [0.2, 0.25) is 0 Å². The first-order valence-corrected chi connectivity index (χ1v) is 7.46. The number of carboxylic acids is 1. The molecule has 23 heavy (non-hydrogen) atoms. The SMILES string of the molecule is CC(C)(C)c1cc(CCC(=O)O)c(O)c(-c2ccc[nH]c2=O)c1. The van der Waals surface area contributed by atoms with Crippen molar-refractivity contribution >= 4 is 5.97 Å². The van der Waals surface area contributed by atoms with Crippen LogP contribution in [0.3, 0.4) is 0 Å². The van der Waals surface area contributed by atoms with Crippen molar-refractivity contribution in [2.45, 2.75) is 39.0 Å². The first-order valence-electron chi connectivity index (χ1n) is 7.46. The fourth-order valence-corrected chi connectivity index (χ4v) is 2.40. The summed E-state index contributed by atoms with van der Waals surface area (Å²) < 4.78 is 0. The molecule has 0 bridgehead atoms. The number of H-pyrrole nitrogens is 1. The monoisotopic (exact) mass is 315 g/mol. The Labute approximate surface area is 134 Å². The van der Waals surface area contributed by atoms with E-state index in [2.05, 4.69) is 4.98 Å². The van der Waals surface area contributed by atoms with E-state index < -0.39 is 5.97 Å². The molecule has 122 valence electrons. The van der Waals surface area contributed by atoms with Gasteiger partial charge in [-0.15, -0.1) is 0 Å². The fourth-order valence-electron chi connectivity index (χ4n) is 2.40. The van der Waals surface area contributed by atoms with Crippen molar-refractivity contribution in [3.8, 4) is 16.9 Å². The predicted molar refractivity (Wildman–Crippen MR) is 88.8 cm³/mol. The lowest BCUT2D eigenvalue weighted by Gasteiger charge is -2.22. The molecule has 1 aromatic heterocycles. The summed E-state index contributed by atoms with van der Waals surface area (Å²) >= 11 is 0. The van der Waals surface area contributed by atoms with Gasteiger partial charge in [0, 0.05) is 18.2 Å². The van der Waals surface area contributed by atoms with Gasteiger partial charge in [-0.2, -0.15) is 0 Å². The Morgan fingerprint density at radius 2 is 1.91 bits per heavy atom. The second kappa shape index (κ2) is 6.28. The highest BCUT2D eigenvalue weighted by atomic mass is 16.4. The molecule has 0 aliphatic heterocycles. The molecular formula is C18H21NO4. The molecule has 2 rings (SSSR count). The number of hydrogen-bond donors (Lipinski definition) is 3. The van der Waals surface area contributed by atoms with Crippen LogP contribution in [0.15, 0.2) is 35.3 Å². The minimum Gasteiger partial charge on any atom is -0.507 e. The van der Waals surface area contributed by atoms with Crippen LogP contribution in [0.2, 0.25) is 0 Å². The number of rotatable bonds is 4. The van der Waals surface area contributed by atoms with Crippen LogP contribution >= 0.6 is 0 Å². The molecule has 1 aromatic carbocycles. The number of nitrogens with one attached hydrogen (secondary N) is 1. The summed E-state index contributed by atoms with van der Waals surface area (Å²) in [4.78, 5) is 25.5. The van der Waals surface area contributed by atoms with E-state index in [1.54, 1.807) is 18.2 Å². The van der Waals surface area contributed by atoms with E-state index in [1.807, 2.05) is 26.8 Å². The van der Waals surface area contributed by atoms with E-state index in [1.165, 1.54) is 6.20 Å². The number of aliphatic carboxylic acids is 1. The van der Waals surface area contributed by atoms with Crippen LogP contribution in [0, 0.1) is 0 Å². The van der Waals surface area contributed by atoms with E-state index in [4.69, 9.17) is 5.11 Å². The van der Waals surface area contributed by atoms with Crippen molar-refractivity contribution in [2.24, 2.45) is 0 Å². The molecule has 0 unspecified atom stereocenters. The molecule has 0 spiro atoms. The lowest BCUT2D eigenvalue weighted by molar-refractivity contribution is -0.136. The van der Waals surface area contributed by atoms with Crippen molar-refractivity contribution in [1.29, 1.82) is 0 Å². The average molecular weight is 315 g/mol. The lowest BCUT2D eigenvalue weighted by atomic mass is 9.83. The Hall–Kier alpha value is -2.56. The zero-order valence-corrected chi connectivity index (χ0v) is 13.5. The fraction of sp³-hybridized carbons (Fsp3) is 0.333. The second-order valence-electron chi connectivity index (χ2n) is 6.59. The second-order valence-corrected chi connectivity index (χ2v) is 6.59. The highest BCUT2D eigenvalue weighted by Crippen LogP contribution is 2.36. The summed E-state index contributed by atoms with van der Waals surface area (Å²) in [5, 5.41) is 19.4. The maximum Gasteiger partial charge on any atom is 0.303 e. The number of phenolic OH excluding ortho intramolecular Hbond substituents is 1. The van der Waals surface area contributed by atoms with Gasteiger partial charge < -0.3 is 15.2 Å². The van der Waals surface area contributed by atoms with E-state index in [0.717, 1.165) is 5.56 Å². The Bertz CT molecular complexity index is 784. The third kappa shape index (κ3) is 3.80. The smallest absolute Gasteiger partial charge is 0.303 e. The van der Waals surface area contributed by atoms with Crippen molar-refractivity contribution in [2.75, 3.05) is 0 Å². The summed E-state index contributed by atoms with van der Waals surface area (Å²) in [6.07, 6.45) is 1.66. The van der Waals surface area contributed by atoms with E-state index in [-0.39, 0.29) is 29.6 Å². The summed E-state index contributed by atoms with van der Waals surface area (Å²) in [6.45, 7) is 6.08. The molecule has 1 heterocycles. The molecule has 0 amide bonds. The Balaban J connectivity index is 2.65. The van der Waals surface area contributed by atoms with Gasteiger partial charge in [0.05, 0.1) is 5.56 Å². The minimum absolute atomic E-state index is 0.0315. The molecule has 3 N–H and O–H groups in total. The number of pyridine rings is 1.